The summed E-state index contributed by atoms with van der Waals surface area (Å²) in [7, 11) is -3.39. The van der Waals surface area contributed by atoms with E-state index in [2.05, 4.69) is 44.4 Å². The van der Waals surface area contributed by atoms with Crippen LogP contribution in [0.1, 0.15) is 85.5 Å². The summed E-state index contributed by atoms with van der Waals surface area (Å²) in [6, 6.07) is 12.4. The average Bonchev–Trinajstić information content (AvgIpc) is 3.38. The molecule has 39 heavy (non-hydrogen) atoms. The number of benzene rings is 1. The van der Waals surface area contributed by atoms with E-state index in [0.29, 0.717) is 35.8 Å². The third kappa shape index (κ3) is 5.42. The topological polar surface area (TPSA) is 105 Å². The quantitative estimate of drug-likeness (QED) is 0.512. The van der Waals surface area contributed by atoms with E-state index in [-0.39, 0.29) is 29.2 Å². The van der Waals surface area contributed by atoms with Crippen molar-refractivity contribution in [2.45, 2.75) is 87.6 Å². The number of aromatic nitrogens is 1. The van der Waals surface area contributed by atoms with Gasteiger partial charge in [-0.25, -0.2) is 13.1 Å². The monoisotopic (exact) mass is 552 g/mol. The van der Waals surface area contributed by atoms with Crippen LogP contribution in [0.5, 0.6) is 0 Å². The van der Waals surface area contributed by atoms with Gasteiger partial charge in [-0.3, -0.25) is 9.69 Å². The number of sulfonamides is 1. The molecule has 4 aliphatic carbocycles. The summed E-state index contributed by atoms with van der Waals surface area (Å²) in [5, 5.41) is 6.93. The van der Waals surface area contributed by atoms with Crippen LogP contribution in [0.25, 0.3) is 0 Å². The van der Waals surface area contributed by atoms with Gasteiger partial charge < -0.3 is 9.84 Å². The summed E-state index contributed by atoms with van der Waals surface area (Å²) >= 11 is 0. The van der Waals surface area contributed by atoms with Gasteiger partial charge in [-0.2, -0.15) is 0 Å². The Kier molecular flexibility index (Phi) is 6.80. The predicted molar refractivity (Wildman–Crippen MR) is 147 cm³/mol. The minimum Gasteiger partial charge on any atom is -0.360 e. The standard InChI is InChI=1S/C30H40N4O4S/c35-30(27-17-28(38-32-27)21-6-7-21)31-24-12-20-13-25-22(15-24)16-29(26(25)14-20)39(36,37)33-23-8-10-34(11-9-23)18-19-4-2-1-3-5-19/h1-5,17,20-26,29,33H,6-16,18H2,(H,31,35)/t20?,22?,24-,25?,26?,29?/m0/s1. The number of amides is 1. The molecule has 9 heteroatoms. The zero-order valence-corrected chi connectivity index (χ0v) is 23.3. The Bertz CT molecular complexity index is 1290. The Hall–Kier alpha value is -2.23. The van der Waals surface area contributed by atoms with Gasteiger partial charge in [0, 0.05) is 43.7 Å². The number of hydrogen-bond acceptors (Lipinski definition) is 6. The second-order valence-corrected chi connectivity index (χ2v) is 14.9. The predicted octanol–water partition coefficient (Wildman–Crippen LogP) is 4.06. The van der Waals surface area contributed by atoms with E-state index in [1.54, 1.807) is 6.07 Å². The molecule has 210 valence electrons. The minimum atomic E-state index is -3.39. The molecule has 0 spiro atoms. The Morgan fingerprint density at radius 2 is 1.72 bits per heavy atom. The van der Waals surface area contributed by atoms with E-state index in [1.807, 2.05) is 6.07 Å². The molecule has 2 aromatic rings. The molecule has 5 fully saturated rings. The maximum absolute atomic E-state index is 13.7. The molecule has 7 rings (SSSR count). The number of likely N-dealkylation sites (tertiary alicyclic amines) is 1. The molecule has 1 aliphatic heterocycles. The SMILES string of the molecule is O=C(N[C@H]1CC2CC3C(CC(S(=O)(=O)NC4CCN(Cc5ccccc5)CC4)C3C2)C1)c1cc(C2CC2)on1. The fraction of sp³-hybridized carbons (Fsp3) is 0.667. The molecular weight excluding hydrogens is 512 g/mol. The molecule has 2 heterocycles. The molecular formula is C30H40N4O4S. The van der Waals surface area contributed by atoms with E-state index in [0.717, 1.165) is 76.8 Å². The molecule has 1 aromatic heterocycles. The van der Waals surface area contributed by atoms with Crippen LogP contribution in [-0.2, 0) is 16.6 Å². The summed E-state index contributed by atoms with van der Waals surface area (Å²) in [4.78, 5) is 15.3. The van der Waals surface area contributed by atoms with Crippen molar-refractivity contribution in [2.75, 3.05) is 13.1 Å². The average molecular weight is 553 g/mol. The lowest BCUT2D eigenvalue weighted by Crippen LogP contribution is -2.47. The molecule has 8 nitrogen and oxygen atoms in total. The van der Waals surface area contributed by atoms with Gasteiger partial charge in [-0.15, -0.1) is 0 Å². The highest BCUT2D eigenvalue weighted by Crippen LogP contribution is 2.56. The summed E-state index contributed by atoms with van der Waals surface area (Å²) in [5.41, 5.74) is 1.68. The number of hydrogen-bond donors (Lipinski definition) is 2. The molecule has 1 aromatic carbocycles. The van der Waals surface area contributed by atoms with Crippen molar-refractivity contribution in [1.82, 2.24) is 20.1 Å². The van der Waals surface area contributed by atoms with Gasteiger partial charge in [0.15, 0.2) is 5.69 Å². The van der Waals surface area contributed by atoms with Crippen molar-refractivity contribution in [2.24, 2.45) is 23.7 Å². The molecule has 5 unspecified atom stereocenters. The number of carbonyl (C=O) groups excluding carboxylic acids is 1. The van der Waals surface area contributed by atoms with Gasteiger partial charge in [-0.05, 0) is 87.0 Å². The van der Waals surface area contributed by atoms with E-state index in [1.165, 1.54) is 5.56 Å². The minimum absolute atomic E-state index is 0.0249. The van der Waals surface area contributed by atoms with Gasteiger partial charge in [0.25, 0.3) is 5.91 Å². The molecule has 1 amide bonds. The first-order valence-corrected chi connectivity index (χ1v) is 16.5. The fourth-order valence-corrected chi connectivity index (χ4v) is 10.4. The molecule has 6 atom stereocenters. The number of piperidine rings is 1. The van der Waals surface area contributed by atoms with Crippen molar-refractivity contribution >= 4 is 15.9 Å². The van der Waals surface area contributed by atoms with Gasteiger partial charge in [-0.1, -0.05) is 35.5 Å². The molecule has 0 radical (unpaired) electrons. The summed E-state index contributed by atoms with van der Waals surface area (Å²) in [6.45, 7) is 2.75. The lowest BCUT2D eigenvalue weighted by molar-refractivity contribution is 0.0915. The van der Waals surface area contributed by atoms with Crippen LogP contribution < -0.4 is 10.0 Å². The maximum Gasteiger partial charge on any atom is 0.273 e. The number of rotatable bonds is 8. The van der Waals surface area contributed by atoms with E-state index in [4.69, 9.17) is 4.52 Å². The lowest BCUT2D eigenvalue weighted by atomic mass is 9.87. The fourth-order valence-electron chi connectivity index (χ4n) is 8.22. The largest absolute Gasteiger partial charge is 0.360 e. The summed E-state index contributed by atoms with van der Waals surface area (Å²) < 4.78 is 35.9. The summed E-state index contributed by atoms with van der Waals surface area (Å²) in [5.74, 6) is 2.63. The normalized spacial score (nSPS) is 33.2. The van der Waals surface area contributed by atoms with Crippen LogP contribution in [0.15, 0.2) is 40.9 Å². The molecule has 2 bridgehead atoms. The van der Waals surface area contributed by atoms with Gasteiger partial charge >= 0.3 is 0 Å². The highest BCUT2D eigenvalue weighted by molar-refractivity contribution is 7.90. The number of carbonyl (C=O) groups is 1. The highest BCUT2D eigenvalue weighted by Gasteiger charge is 2.55. The maximum atomic E-state index is 13.7. The smallest absolute Gasteiger partial charge is 0.273 e. The van der Waals surface area contributed by atoms with Crippen molar-refractivity contribution in [3.63, 3.8) is 0 Å². The first-order chi connectivity index (χ1) is 18.9. The van der Waals surface area contributed by atoms with Crippen LogP contribution in [0.2, 0.25) is 0 Å². The van der Waals surface area contributed by atoms with Crippen LogP contribution in [0, 0.1) is 23.7 Å². The number of nitrogens with one attached hydrogen (secondary N) is 2. The second-order valence-electron chi connectivity index (χ2n) is 12.9. The highest BCUT2D eigenvalue weighted by atomic mass is 32.2. The van der Waals surface area contributed by atoms with Gasteiger partial charge in [0.1, 0.15) is 5.76 Å². The lowest BCUT2D eigenvalue weighted by Gasteiger charge is -2.33. The Morgan fingerprint density at radius 1 is 0.949 bits per heavy atom. The van der Waals surface area contributed by atoms with E-state index < -0.39 is 10.0 Å². The first-order valence-electron chi connectivity index (χ1n) is 15.0. The van der Waals surface area contributed by atoms with Crippen LogP contribution in [0.3, 0.4) is 0 Å². The van der Waals surface area contributed by atoms with Crippen LogP contribution in [0.4, 0.5) is 0 Å². The van der Waals surface area contributed by atoms with Crippen molar-refractivity contribution in [3.8, 4) is 0 Å². The third-order valence-corrected chi connectivity index (χ3v) is 12.2. The number of nitrogens with zero attached hydrogens (tertiary/aromatic N) is 2. The van der Waals surface area contributed by atoms with E-state index in [9.17, 15) is 13.2 Å². The van der Waals surface area contributed by atoms with Crippen LogP contribution >= 0.6 is 0 Å². The Morgan fingerprint density at radius 3 is 2.49 bits per heavy atom. The zero-order chi connectivity index (χ0) is 26.6. The molecule has 5 aliphatic rings. The van der Waals surface area contributed by atoms with Crippen LogP contribution in [-0.4, -0.2) is 54.8 Å². The summed E-state index contributed by atoms with van der Waals surface area (Å²) in [6.07, 6.45) is 8.50. The first kappa shape index (κ1) is 25.7. The van der Waals surface area contributed by atoms with Gasteiger partial charge in [0.2, 0.25) is 10.0 Å². The zero-order valence-electron chi connectivity index (χ0n) is 22.5. The molecule has 1 saturated heterocycles. The van der Waals surface area contributed by atoms with E-state index >= 15 is 0 Å². The van der Waals surface area contributed by atoms with Crippen molar-refractivity contribution in [3.05, 3.63) is 53.4 Å². The molecule has 2 N–H and O–H groups in total. The third-order valence-electron chi connectivity index (χ3n) is 10.2. The van der Waals surface area contributed by atoms with Crippen molar-refractivity contribution in [1.29, 1.82) is 0 Å². The van der Waals surface area contributed by atoms with Gasteiger partial charge in [0.05, 0.1) is 5.25 Å². The Balaban J connectivity index is 0.948. The molecule has 4 saturated carbocycles. The van der Waals surface area contributed by atoms with Crippen molar-refractivity contribution < 1.29 is 17.7 Å². The second kappa shape index (κ2) is 10.3. The Labute approximate surface area is 231 Å². The number of fused-ring (bicyclic) bond motifs is 1.